The number of halogens is 2. The van der Waals surface area contributed by atoms with Gasteiger partial charge in [0.25, 0.3) is 11.5 Å². The Morgan fingerprint density at radius 3 is 2.65 bits per heavy atom. The normalized spacial score (nSPS) is 10.7. The SMILES string of the molecule is O=C(NCc1cc(Cl)cc2cc(C(=O)O)c(=O)[nH]c12)c1cccc(F)c1. The van der Waals surface area contributed by atoms with Gasteiger partial charge in [-0.2, -0.15) is 0 Å². The summed E-state index contributed by atoms with van der Waals surface area (Å²) in [5.74, 6) is -2.38. The van der Waals surface area contributed by atoms with Crippen LogP contribution in [0.2, 0.25) is 5.02 Å². The van der Waals surface area contributed by atoms with E-state index in [0.29, 0.717) is 21.5 Å². The first kappa shape index (κ1) is 17.6. The Morgan fingerprint density at radius 1 is 1.19 bits per heavy atom. The standard InChI is InChI=1S/C18H12ClFN2O4/c19-12-4-10-7-14(18(25)26)17(24)22-15(10)11(5-12)8-21-16(23)9-2-1-3-13(20)6-9/h1-7H,8H2,(H,21,23)(H,22,24)(H,25,26). The lowest BCUT2D eigenvalue weighted by Gasteiger charge is -2.10. The lowest BCUT2D eigenvalue weighted by atomic mass is 10.1. The number of carboxylic acids is 1. The summed E-state index contributed by atoms with van der Waals surface area (Å²) in [6.45, 7) is 0.00870. The van der Waals surface area contributed by atoms with E-state index < -0.39 is 28.8 Å². The van der Waals surface area contributed by atoms with Crippen LogP contribution in [0.1, 0.15) is 26.3 Å². The topological polar surface area (TPSA) is 99.3 Å². The fourth-order valence-corrected chi connectivity index (χ4v) is 2.81. The van der Waals surface area contributed by atoms with Gasteiger partial charge in [-0.15, -0.1) is 0 Å². The maximum Gasteiger partial charge on any atom is 0.341 e. The van der Waals surface area contributed by atoms with Crippen molar-refractivity contribution in [2.75, 3.05) is 0 Å². The third-order valence-electron chi connectivity index (χ3n) is 3.75. The largest absolute Gasteiger partial charge is 0.477 e. The highest BCUT2D eigenvalue weighted by molar-refractivity contribution is 6.31. The number of carboxylic acid groups (broad SMARTS) is 1. The molecule has 3 aromatic rings. The van der Waals surface area contributed by atoms with E-state index >= 15 is 0 Å². The zero-order valence-corrected chi connectivity index (χ0v) is 13.9. The number of hydrogen-bond donors (Lipinski definition) is 3. The smallest absolute Gasteiger partial charge is 0.341 e. The summed E-state index contributed by atoms with van der Waals surface area (Å²) < 4.78 is 13.2. The van der Waals surface area contributed by atoms with Crippen LogP contribution in [0, 0.1) is 5.82 Å². The van der Waals surface area contributed by atoms with E-state index in [4.69, 9.17) is 16.7 Å². The van der Waals surface area contributed by atoms with E-state index in [-0.39, 0.29) is 12.1 Å². The highest BCUT2D eigenvalue weighted by Crippen LogP contribution is 2.22. The summed E-state index contributed by atoms with van der Waals surface area (Å²) in [5.41, 5.74) is -0.159. The molecule has 3 rings (SSSR count). The Kier molecular flexibility index (Phi) is 4.73. The highest BCUT2D eigenvalue weighted by atomic mass is 35.5. The molecule has 0 atom stereocenters. The molecule has 0 bridgehead atoms. The second-order valence-corrected chi connectivity index (χ2v) is 5.98. The molecule has 8 heteroatoms. The molecule has 0 saturated heterocycles. The number of carbonyl (C=O) groups is 2. The van der Waals surface area contributed by atoms with Crippen molar-refractivity contribution in [3.8, 4) is 0 Å². The van der Waals surface area contributed by atoms with Crippen LogP contribution in [-0.4, -0.2) is 22.0 Å². The Hall–Kier alpha value is -3.19. The molecule has 2 aromatic carbocycles. The molecule has 0 fully saturated rings. The lowest BCUT2D eigenvalue weighted by Crippen LogP contribution is -2.24. The number of carbonyl (C=O) groups excluding carboxylic acids is 1. The molecule has 0 aliphatic carbocycles. The summed E-state index contributed by atoms with van der Waals surface area (Å²) in [6, 6.07) is 9.50. The third-order valence-corrected chi connectivity index (χ3v) is 3.97. The molecule has 1 amide bonds. The zero-order valence-electron chi connectivity index (χ0n) is 13.2. The van der Waals surface area contributed by atoms with E-state index in [1.54, 1.807) is 6.07 Å². The van der Waals surface area contributed by atoms with Crippen molar-refractivity contribution < 1.29 is 19.1 Å². The second-order valence-electron chi connectivity index (χ2n) is 5.54. The van der Waals surface area contributed by atoms with Crippen molar-refractivity contribution in [2.45, 2.75) is 6.54 Å². The average Bonchev–Trinajstić information content (AvgIpc) is 2.59. The molecule has 3 N–H and O–H groups in total. The quantitative estimate of drug-likeness (QED) is 0.653. The van der Waals surface area contributed by atoms with Crippen molar-refractivity contribution in [1.29, 1.82) is 0 Å². The Morgan fingerprint density at radius 2 is 1.96 bits per heavy atom. The molecule has 0 aliphatic heterocycles. The molecule has 0 aliphatic rings. The van der Waals surface area contributed by atoms with Crippen molar-refractivity contribution in [3.05, 3.63) is 80.3 Å². The third kappa shape index (κ3) is 3.57. The van der Waals surface area contributed by atoms with E-state index in [0.717, 1.165) is 6.07 Å². The minimum atomic E-state index is -1.35. The van der Waals surface area contributed by atoms with E-state index in [9.17, 15) is 18.8 Å². The van der Waals surface area contributed by atoms with Crippen LogP contribution >= 0.6 is 11.6 Å². The number of hydrogen-bond acceptors (Lipinski definition) is 3. The predicted octanol–water partition coefficient (Wildman–Crippen LogP) is 2.95. The number of rotatable bonds is 4. The van der Waals surface area contributed by atoms with Crippen LogP contribution in [0.25, 0.3) is 10.9 Å². The number of nitrogens with one attached hydrogen (secondary N) is 2. The Bertz CT molecular complexity index is 1090. The van der Waals surface area contributed by atoms with Gasteiger partial charge in [0.15, 0.2) is 0 Å². The molecule has 0 spiro atoms. The van der Waals surface area contributed by atoms with Crippen molar-refractivity contribution in [1.82, 2.24) is 10.3 Å². The monoisotopic (exact) mass is 374 g/mol. The van der Waals surface area contributed by atoms with Gasteiger partial charge < -0.3 is 15.4 Å². The first-order valence-electron chi connectivity index (χ1n) is 7.47. The van der Waals surface area contributed by atoms with Gasteiger partial charge >= 0.3 is 5.97 Å². The molecule has 0 saturated carbocycles. The van der Waals surface area contributed by atoms with Crippen molar-refractivity contribution >= 4 is 34.4 Å². The maximum atomic E-state index is 13.2. The van der Waals surface area contributed by atoms with E-state index in [1.165, 1.54) is 30.3 Å². The molecule has 0 unspecified atom stereocenters. The van der Waals surface area contributed by atoms with Gasteiger partial charge in [-0.1, -0.05) is 17.7 Å². The molecular weight excluding hydrogens is 363 g/mol. The maximum absolute atomic E-state index is 13.2. The number of pyridine rings is 1. The fourth-order valence-electron chi connectivity index (χ4n) is 2.56. The number of aromatic nitrogens is 1. The number of aromatic amines is 1. The van der Waals surface area contributed by atoms with Gasteiger partial charge in [0.2, 0.25) is 0 Å². The van der Waals surface area contributed by atoms with Crippen molar-refractivity contribution in [2.24, 2.45) is 0 Å². The van der Waals surface area contributed by atoms with Crippen molar-refractivity contribution in [3.63, 3.8) is 0 Å². The van der Waals surface area contributed by atoms with Gasteiger partial charge in [0.1, 0.15) is 11.4 Å². The van der Waals surface area contributed by atoms with Gasteiger partial charge in [-0.3, -0.25) is 9.59 Å². The lowest BCUT2D eigenvalue weighted by molar-refractivity contribution is 0.0695. The van der Waals surface area contributed by atoms with E-state index in [2.05, 4.69) is 10.3 Å². The van der Waals surface area contributed by atoms with Crippen LogP contribution in [0.3, 0.4) is 0 Å². The highest BCUT2D eigenvalue weighted by Gasteiger charge is 2.14. The number of fused-ring (bicyclic) bond motifs is 1. The first-order chi connectivity index (χ1) is 12.3. The first-order valence-corrected chi connectivity index (χ1v) is 7.85. The predicted molar refractivity (Wildman–Crippen MR) is 94.1 cm³/mol. The molecule has 6 nitrogen and oxygen atoms in total. The number of aromatic carboxylic acids is 1. The minimum absolute atomic E-state index is 0.00870. The average molecular weight is 375 g/mol. The van der Waals surface area contributed by atoms with Crippen LogP contribution < -0.4 is 10.9 Å². The molecule has 1 aromatic heterocycles. The Balaban J connectivity index is 1.95. The summed E-state index contributed by atoms with van der Waals surface area (Å²) in [5, 5.41) is 12.4. The van der Waals surface area contributed by atoms with Crippen LogP contribution in [0.15, 0.2) is 47.3 Å². The van der Waals surface area contributed by atoms with Crippen LogP contribution in [0.4, 0.5) is 4.39 Å². The number of H-pyrrole nitrogens is 1. The summed E-state index contributed by atoms with van der Waals surface area (Å²) in [4.78, 5) is 37.6. The summed E-state index contributed by atoms with van der Waals surface area (Å²) in [7, 11) is 0. The fraction of sp³-hybridized carbons (Fsp3) is 0.0556. The molecule has 132 valence electrons. The zero-order chi connectivity index (χ0) is 18.8. The van der Waals surface area contributed by atoms with Gasteiger partial charge in [0, 0.05) is 22.5 Å². The molecular formula is C18H12ClFN2O4. The van der Waals surface area contributed by atoms with Crippen LogP contribution in [-0.2, 0) is 6.54 Å². The van der Waals surface area contributed by atoms with Gasteiger partial charge in [0.05, 0.1) is 5.52 Å². The molecule has 0 radical (unpaired) electrons. The number of amides is 1. The van der Waals surface area contributed by atoms with Gasteiger partial charge in [-0.05, 0) is 42.0 Å². The second kappa shape index (κ2) is 6.97. The minimum Gasteiger partial charge on any atom is -0.477 e. The van der Waals surface area contributed by atoms with E-state index in [1.807, 2.05) is 0 Å². The summed E-state index contributed by atoms with van der Waals surface area (Å²) in [6.07, 6.45) is 0. The van der Waals surface area contributed by atoms with Crippen LogP contribution in [0.5, 0.6) is 0 Å². The molecule has 1 heterocycles. The Labute approximate surface area is 151 Å². The summed E-state index contributed by atoms with van der Waals surface area (Å²) >= 11 is 6.05. The molecule has 26 heavy (non-hydrogen) atoms. The number of benzene rings is 2. The van der Waals surface area contributed by atoms with Gasteiger partial charge in [-0.25, -0.2) is 9.18 Å².